The third kappa shape index (κ3) is 3.98. The number of hydrogen-bond acceptors (Lipinski definition) is 4. The van der Waals surface area contributed by atoms with Crippen molar-refractivity contribution in [2.75, 3.05) is 11.5 Å². The molecule has 2 aromatic rings. The maximum Gasteiger partial charge on any atom is 0.358 e. The summed E-state index contributed by atoms with van der Waals surface area (Å²) in [4.78, 5) is 11.3. The highest BCUT2D eigenvalue weighted by Gasteiger charge is 2.19. The van der Waals surface area contributed by atoms with Crippen molar-refractivity contribution in [3.63, 3.8) is 0 Å². The van der Waals surface area contributed by atoms with Gasteiger partial charge >= 0.3 is 5.97 Å². The number of benzene rings is 1. The van der Waals surface area contributed by atoms with Gasteiger partial charge in [0, 0.05) is 17.2 Å². The Morgan fingerprint density at radius 1 is 1.43 bits per heavy atom. The van der Waals surface area contributed by atoms with Crippen LogP contribution in [0.3, 0.4) is 0 Å². The lowest BCUT2D eigenvalue weighted by molar-refractivity contribution is 0.0689. The van der Waals surface area contributed by atoms with Gasteiger partial charge in [0.2, 0.25) is 0 Å². The van der Waals surface area contributed by atoms with Crippen molar-refractivity contribution in [1.29, 1.82) is 0 Å². The molecule has 1 aromatic carbocycles. The first-order chi connectivity index (χ1) is 10.1. The van der Waals surface area contributed by atoms with Crippen molar-refractivity contribution >= 4 is 29.3 Å². The molecule has 0 amide bonds. The van der Waals surface area contributed by atoms with Crippen molar-refractivity contribution in [3.05, 3.63) is 46.2 Å². The molecule has 0 bridgehead atoms. The fourth-order valence-corrected chi connectivity index (χ4v) is 2.76. The third-order valence-electron chi connectivity index (χ3n) is 3.01. The third-order valence-corrected chi connectivity index (χ3v) is 4.26. The highest BCUT2D eigenvalue weighted by atomic mass is 35.5. The predicted molar refractivity (Wildman–Crippen MR) is 84.2 cm³/mol. The van der Waals surface area contributed by atoms with E-state index in [1.165, 1.54) is 0 Å². The van der Waals surface area contributed by atoms with Crippen LogP contribution in [0.2, 0.25) is 5.02 Å². The van der Waals surface area contributed by atoms with Crippen molar-refractivity contribution in [1.82, 2.24) is 15.0 Å². The number of aryl methyl sites for hydroxylation is 1. The molecule has 0 aliphatic carbocycles. The van der Waals surface area contributed by atoms with Crippen molar-refractivity contribution < 1.29 is 9.90 Å². The average Bonchev–Trinajstić information content (AvgIpc) is 2.85. The largest absolute Gasteiger partial charge is 0.476 e. The number of thioether (sulfide) groups is 1. The molecule has 1 heterocycles. The van der Waals surface area contributed by atoms with Crippen LogP contribution in [0, 0.1) is 0 Å². The Labute approximate surface area is 132 Å². The standard InChI is InChI=1S/C14H16ClN3O2S/c1-2-21-8-7-18-12(13(14(19)20)16-17-18)9-10-5-3-4-6-11(10)15/h3-6H,2,7-9H2,1H3,(H,19,20). The summed E-state index contributed by atoms with van der Waals surface area (Å²) in [6.07, 6.45) is 0.408. The Balaban J connectivity index is 2.28. The molecular weight excluding hydrogens is 310 g/mol. The van der Waals surface area contributed by atoms with Crippen LogP contribution in [0.5, 0.6) is 0 Å². The Morgan fingerprint density at radius 2 is 2.19 bits per heavy atom. The molecule has 0 saturated carbocycles. The molecule has 0 unspecified atom stereocenters. The van der Waals surface area contributed by atoms with Crippen LogP contribution < -0.4 is 0 Å². The van der Waals surface area contributed by atoms with Gasteiger partial charge in [0.15, 0.2) is 5.69 Å². The summed E-state index contributed by atoms with van der Waals surface area (Å²) in [6, 6.07) is 7.39. The molecule has 2 rings (SSSR count). The van der Waals surface area contributed by atoms with Crippen LogP contribution in [0.4, 0.5) is 0 Å². The van der Waals surface area contributed by atoms with Crippen LogP contribution in [0.1, 0.15) is 28.7 Å². The van der Waals surface area contributed by atoms with Crippen LogP contribution in [-0.4, -0.2) is 37.6 Å². The molecule has 0 aliphatic heterocycles. The second-order valence-corrected chi connectivity index (χ2v) is 6.18. The molecular formula is C14H16ClN3O2S. The SMILES string of the molecule is CCSCCn1nnc(C(=O)O)c1Cc1ccccc1Cl. The molecule has 0 spiro atoms. The molecule has 1 N–H and O–H groups in total. The summed E-state index contributed by atoms with van der Waals surface area (Å²) in [5.41, 5.74) is 1.46. The second-order valence-electron chi connectivity index (χ2n) is 4.38. The van der Waals surface area contributed by atoms with E-state index >= 15 is 0 Å². The predicted octanol–water partition coefficient (Wildman–Crippen LogP) is 2.97. The first kappa shape index (κ1) is 15.9. The van der Waals surface area contributed by atoms with E-state index in [1.807, 2.05) is 18.2 Å². The fraction of sp³-hybridized carbons (Fsp3) is 0.357. The lowest BCUT2D eigenvalue weighted by atomic mass is 10.1. The quantitative estimate of drug-likeness (QED) is 0.793. The number of aromatic nitrogens is 3. The number of halogens is 1. The number of rotatable bonds is 7. The number of carboxylic acids is 1. The number of hydrogen-bond donors (Lipinski definition) is 1. The van der Waals surface area contributed by atoms with Gasteiger partial charge in [-0.2, -0.15) is 11.8 Å². The van der Waals surface area contributed by atoms with Crippen LogP contribution in [0.15, 0.2) is 24.3 Å². The van der Waals surface area contributed by atoms with Gasteiger partial charge in [-0.15, -0.1) is 5.10 Å². The molecule has 1 aromatic heterocycles. The van der Waals surface area contributed by atoms with Crippen LogP contribution >= 0.6 is 23.4 Å². The summed E-state index contributed by atoms with van der Waals surface area (Å²) in [7, 11) is 0. The van der Waals surface area contributed by atoms with Gasteiger partial charge in [0.25, 0.3) is 0 Å². The van der Waals surface area contributed by atoms with E-state index < -0.39 is 5.97 Å². The van der Waals surface area contributed by atoms with Gasteiger partial charge in [-0.05, 0) is 17.4 Å². The molecule has 7 heteroatoms. The van der Waals surface area contributed by atoms with Crippen molar-refractivity contribution in [3.8, 4) is 0 Å². The number of aromatic carboxylic acids is 1. The minimum atomic E-state index is -1.06. The lowest BCUT2D eigenvalue weighted by Gasteiger charge is -2.08. The van der Waals surface area contributed by atoms with E-state index in [2.05, 4.69) is 17.2 Å². The zero-order valence-corrected chi connectivity index (χ0v) is 13.2. The number of nitrogens with zero attached hydrogens (tertiary/aromatic N) is 3. The van der Waals surface area contributed by atoms with Gasteiger partial charge in [0.05, 0.1) is 12.2 Å². The first-order valence-corrected chi connectivity index (χ1v) is 8.13. The lowest BCUT2D eigenvalue weighted by Crippen LogP contribution is -2.11. The maximum atomic E-state index is 11.3. The number of carbonyl (C=O) groups is 1. The van der Waals surface area contributed by atoms with Crippen LogP contribution in [0.25, 0.3) is 0 Å². The van der Waals surface area contributed by atoms with Crippen molar-refractivity contribution in [2.45, 2.75) is 19.9 Å². The van der Waals surface area contributed by atoms with E-state index in [0.29, 0.717) is 23.7 Å². The molecule has 0 fully saturated rings. The monoisotopic (exact) mass is 325 g/mol. The Kier molecular flexibility index (Phi) is 5.64. The molecule has 21 heavy (non-hydrogen) atoms. The van der Waals surface area contributed by atoms with E-state index in [0.717, 1.165) is 17.1 Å². The maximum absolute atomic E-state index is 11.3. The van der Waals surface area contributed by atoms with E-state index in [4.69, 9.17) is 11.6 Å². The van der Waals surface area contributed by atoms with Gasteiger partial charge in [-0.25, -0.2) is 9.48 Å². The smallest absolute Gasteiger partial charge is 0.358 e. The van der Waals surface area contributed by atoms with E-state index in [-0.39, 0.29) is 5.69 Å². The normalized spacial score (nSPS) is 10.8. The van der Waals surface area contributed by atoms with Gasteiger partial charge in [0.1, 0.15) is 0 Å². The minimum Gasteiger partial charge on any atom is -0.476 e. The fourth-order valence-electron chi connectivity index (χ4n) is 1.97. The topological polar surface area (TPSA) is 68.0 Å². The van der Waals surface area contributed by atoms with Gasteiger partial charge < -0.3 is 5.11 Å². The molecule has 0 atom stereocenters. The van der Waals surface area contributed by atoms with Gasteiger partial charge in [-0.3, -0.25) is 0 Å². The summed E-state index contributed by atoms with van der Waals surface area (Å²) >= 11 is 7.93. The summed E-state index contributed by atoms with van der Waals surface area (Å²) in [6.45, 7) is 2.72. The summed E-state index contributed by atoms with van der Waals surface area (Å²) in [5.74, 6) is 0.820. The highest BCUT2D eigenvalue weighted by molar-refractivity contribution is 7.99. The van der Waals surface area contributed by atoms with E-state index in [9.17, 15) is 9.90 Å². The molecule has 0 saturated heterocycles. The summed E-state index contributed by atoms with van der Waals surface area (Å²) in [5, 5.41) is 17.6. The Bertz CT molecular complexity index is 630. The van der Waals surface area contributed by atoms with Gasteiger partial charge in [-0.1, -0.05) is 41.9 Å². The molecule has 112 valence electrons. The Hall–Kier alpha value is -1.53. The highest BCUT2D eigenvalue weighted by Crippen LogP contribution is 2.20. The zero-order valence-electron chi connectivity index (χ0n) is 11.6. The Morgan fingerprint density at radius 3 is 2.86 bits per heavy atom. The molecule has 5 nitrogen and oxygen atoms in total. The first-order valence-electron chi connectivity index (χ1n) is 6.60. The van der Waals surface area contributed by atoms with Crippen LogP contribution in [-0.2, 0) is 13.0 Å². The second kappa shape index (κ2) is 7.47. The molecule has 0 aliphatic rings. The van der Waals surface area contributed by atoms with Crippen molar-refractivity contribution in [2.24, 2.45) is 0 Å². The minimum absolute atomic E-state index is 0.00332. The van der Waals surface area contributed by atoms with E-state index in [1.54, 1.807) is 22.5 Å². The number of carboxylic acid groups (broad SMARTS) is 1. The zero-order chi connectivity index (χ0) is 15.2. The average molecular weight is 326 g/mol. The molecule has 0 radical (unpaired) electrons. The summed E-state index contributed by atoms with van der Waals surface area (Å²) < 4.78 is 1.66.